The highest BCUT2D eigenvalue weighted by Gasteiger charge is 2.31. The van der Waals surface area contributed by atoms with Crippen molar-refractivity contribution in [2.45, 2.75) is 58.2 Å². The minimum atomic E-state index is -0.765. The highest BCUT2D eigenvalue weighted by atomic mass is 19.1. The lowest BCUT2D eigenvalue weighted by Crippen LogP contribution is -2.52. The van der Waals surface area contributed by atoms with Gasteiger partial charge in [-0.1, -0.05) is 78.9 Å². The van der Waals surface area contributed by atoms with Crippen LogP contribution in [0.1, 0.15) is 56.7 Å². The fourth-order valence-electron chi connectivity index (χ4n) is 3.96. The molecule has 0 aliphatic rings. The Labute approximate surface area is 201 Å². The van der Waals surface area contributed by atoms with E-state index in [1.54, 1.807) is 25.1 Å². The summed E-state index contributed by atoms with van der Waals surface area (Å²) in [5, 5.41) is 2.94. The topological polar surface area (TPSA) is 49.4 Å². The second-order valence-electron chi connectivity index (χ2n) is 9.61. The number of nitrogens with one attached hydrogen (secondary N) is 1. The summed E-state index contributed by atoms with van der Waals surface area (Å²) < 4.78 is 14.5. The Hall–Kier alpha value is -3.47. The van der Waals surface area contributed by atoms with Gasteiger partial charge < -0.3 is 10.2 Å². The molecule has 1 N–H and O–H groups in total. The first-order valence-corrected chi connectivity index (χ1v) is 11.6. The van der Waals surface area contributed by atoms with Gasteiger partial charge in [-0.25, -0.2) is 4.39 Å². The highest BCUT2D eigenvalue weighted by Crippen LogP contribution is 2.29. The Morgan fingerprint density at radius 2 is 1.35 bits per heavy atom. The van der Waals surface area contributed by atoms with E-state index in [1.807, 2.05) is 81.4 Å². The molecule has 0 spiro atoms. The summed E-state index contributed by atoms with van der Waals surface area (Å²) in [5.74, 6) is -1.06. The zero-order chi connectivity index (χ0) is 24.7. The summed E-state index contributed by atoms with van der Waals surface area (Å²) in [5.41, 5.74) is 1.95. The molecule has 0 heterocycles. The van der Waals surface area contributed by atoms with E-state index < -0.39 is 17.4 Å². The fourth-order valence-corrected chi connectivity index (χ4v) is 3.96. The largest absolute Gasteiger partial charge is 0.350 e. The van der Waals surface area contributed by atoms with Crippen molar-refractivity contribution in [2.24, 2.45) is 0 Å². The summed E-state index contributed by atoms with van der Waals surface area (Å²) in [4.78, 5) is 28.2. The van der Waals surface area contributed by atoms with Crippen LogP contribution < -0.4 is 5.32 Å². The van der Waals surface area contributed by atoms with E-state index in [4.69, 9.17) is 0 Å². The molecule has 2 amide bonds. The number of carbonyl (C=O) groups excluding carboxylic acids is 2. The molecule has 0 fully saturated rings. The number of hydrogen-bond donors (Lipinski definition) is 1. The first-order valence-electron chi connectivity index (χ1n) is 11.6. The van der Waals surface area contributed by atoms with Crippen LogP contribution in [0.2, 0.25) is 0 Å². The van der Waals surface area contributed by atoms with Gasteiger partial charge in [0.15, 0.2) is 0 Å². The summed E-state index contributed by atoms with van der Waals surface area (Å²) in [6.07, 6.45) is 0.162. The van der Waals surface area contributed by atoms with Gasteiger partial charge in [0.05, 0.1) is 0 Å². The van der Waals surface area contributed by atoms with Crippen LogP contribution in [0, 0.1) is 5.82 Å². The first kappa shape index (κ1) is 25.2. The molecule has 0 radical (unpaired) electrons. The molecule has 34 heavy (non-hydrogen) atoms. The predicted octanol–water partition coefficient (Wildman–Crippen LogP) is 5.68. The maximum atomic E-state index is 14.5. The van der Waals surface area contributed by atoms with E-state index in [0.29, 0.717) is 5.56 Å². The van der Waals surface area contributed by atoms with Crippen LogP contribution in [0.15, 0.2) is 84.9 Å². The zero-order valence-corrected chi connectivity index (χ0v) is 20.3. The smallest absolute Gasteiger partial charge is 0.242 e. The van der Waals surface area contributed by atoms with Crippen molar-refractivity contribution in [1.29, 1.82) is 0 Å². The van der Waals surface area contributed by atoms with Crippen LogP contribution in [-0.4, -0.2) is 28.3 Å². The lowest BCUT2D eigenvalue weighted by atomic mass is 9.88. The third-order valence-corrected chi connectivity index (χ3v) is 5.75. The van der Waals surface area contributed by atoms with Crippen molar-refractivity contribution < 1.29 is 14.0 Å². The van der Waals surface area contributed by atoms with Crippen LogP contribution in [0.3, 0.4) is 0 Å². The van der Waals surface area contributed by atoms with Gasteiger partial charge in [-0.3, -0.25) is 9.59 Å². The van der Waals surface area contributed by atoms with Crippen LogP contribution in [0.25, 0.3) is 0 Å². The lowest BCUT2D eigenvalue weighted by molar-refractivity contribution is -0.141. The molecule has 178 valence electrons. The van der Waals surface area contributed by atoms with E-state index in [2.05, 4.69) is 5.32 Å². The van der Waals surface area contributed by atoms with Gasteiger partial charge in [0.2, 0.25) is 11.8 Å². The fraction of sp³-hybridized carbons (Fsp3) is 0.310. The second kappa shape index (κ2) is 11.1. The monoisotopic (exact) mass is 460 g/mol. The predicted molar refractivity (Wildman–Crippen MR) is 134 cm³/mol. The lowest BCUT2D eigenvalue weighted by Gasteiger charge is -2.32. The number of carbonyl (C=O) groups is 2. The third kappa shape index (κ3) is 6.77. The zero-order valence-electron chi connectivity index (χ0n) is 20.3. The molecule has 3 rings (SSSR count). The van der Waals surface area contributed by atoms with Crippen molar-refractivity contribution in [2.75, 3.05) is 0 Å². The van der Waals surface area contributed by atoms with Crippen LogP contribution in [-0.2, 0) is 16.1 Å². The maximum absolute atomic E-state index is 14.5. The third-order valence-electron chi connectivity index (χ3n) is 5.75. The second-order valence-corrected chi connectivity index (χ2v) is 9.61. The van der Waals surface area contributed by atoms with Gasteiger partial charge in [-0.15, -0.1) is 0 Å². The average molecular weight is 461 g/mol. The summed E-state index contributed by atoms with van der Waals surface area (Å²) in [6, 6.07) is 25.3. The molecule has 3 aromatic rings. The molecule has 0 aliphatic heterocycles. The molecular weight excluding hydrogens is 427 g/mol. The SMILES string of the molecule is C[C@@H](C(=O)NC(C)(C)C)N(Cc1ccccc1F)C(=O)CC(c1ccccc1)c1ccccc1. The first-order chi connectivity index (χ1) is 16.2. The molecule has 5 heteroatoms. The van der Waals surface area contributed by atoms with Gasteiger partial charge in [0.1, 0.15) is 11.9 Å². The Morgan fingerprint density at radius 1 is 0.853 bits per heavy atom. The van der Waals surface area contributed by atoms with Gasteiger partial charge in [0, 0.05) is 30.0 Å². The van der Waals surface area contributed by atoms with Gasteiger partial charge >= 0.3 is 0 Å². The summed E-state index contributed by atoms with van der Waals surface area (Å²) in [7, 11) is 0. The van der Waals surface area contributed by atoms with Gasteiger partial charge in [-0.2, -0.15) is 0 Å². The number of benzene rings is 3. The molecule has 0 bridgehead atoms. The number of halogens is 1. The van der Waals surface area contributed by atoms with E-state index >= 15 is 0 Å². The van der Waals surface area contributed by atoms with E-state index in [-0.39, 0.29) is 30.7 Å². The standard InChI is InChI=1S/C29H33FN2O2/c1-21(28(34)31-29(2,3)4)32(20-24-17-11-12-18-26(24)30)27(33)19-25(22-13-7-5-8-14-22)23-15-9-6-10-16-23/h5-18,21,25H,19-20H2,1-4H3,(H,31,34)/t21-/m0/s1. The molecule has 1 atom stereocenters. The quantitative estimate of drug-likeness (QED) is 0.470. The van der Waals surface area contributed by atoms with Crippen molar-refractivity contribution in [3.63, 3.8) is 0 Å². The molecule has 0 saturated carbocycles. The van der Waals surface area contributed by atoms with E-state index in [0.717, 1.165) is 11.1 Å². The van der Waals surface area contributed by atoms with Crippen molar-refractivity contribution in [1.82, 2.24) is 10.2 Å². The molecular formula is C29H33FN2O2. The Morgan fingerprint density at radius 3 is 1.85 bits per heavy atom. The Bertz CT molecular complexity index is 1050. The normalized spacial score (nSPS) is 12.3. The minimum absolute atomic E-state index is 0.0144. The van der Waals surface area contributed by atoms with Crippen molar-refractivity contribution in [3.05, 3.63) is 107 Å². The number of nitrogens with zero attached hydrogens (tertiary/aromatic N) is 1. The maximum Gasteiger partial charge on any atom is 0.242 e. The van der Waals surface area contributed by atoms with Crippen LogP contribution in [0.4, 0.5) is 4.39 Å². The van der Waals surface area contributed by atoms with Crippen LogP contribution >= 0.6 is 0 Å². The number of rotatable bonds is 8. The van der Waals surface area contributed by atoms with Gasteiger partial charge in [-0.05, 0) is 44.9 Å². The molecule has 0 aromatic heterocycles. The minimum Gasteiger partial charge on any atom is -0.350 e. The van der Waals surface area contributed by atoms with Crippen molar-refractivity contribution in [3.8, 4) is 0 Å². The number of amides is 2. The van der Waals surface area contributed by atoms with Gasteiger partial charge in [0.25, 0.3) is 0 Å². The Kier molecular flexibility index (Phi) is 8.21. The highest BCUT2D eigenvalue weighted by molar-refractivity contribution is 5.88. The Balaban J connectivity index is 1.94. The van der Waals surface area contributed by atoms with E-state index in [1.165, 1.54) is 11.0 Å². The molecule has 4 nitrogen and oxygen atoms in total. The van der Waals surface area contributed by atoms with E-state index in [9.17, 15) is 14.0 Å². The molecule has 3 aromatic carbocycles. The summed E-state index contributed by atoms with van der Waals surface area (Å²) >= 11 is 0. The number of hydrogen-bond acceptors (Lipinski definition) is 2. The average Bonchev–Trinajstić information content (AvgIpc) is 2.81. The molecule has 0 unspecified atom stereocenters. The van der Waals surface area contributed by atoms with Crippen molar-refractivity contribution >= 4 is 11.8 Å². The van der Waals surface area contributed by atoms with Crippen LogP contribution in [0.5, 0.6) is 0 Å². The summed E-state index contributed by atoms with van der Waals surface area (Å²) in [6.45, 7) is 7.38. The molecule has 0 aliphatic carbocycles. The molecule has 0 saturated heterocycles.